The Morgan fingerprint density at radius 1 is 1.12 bits per heavy atom. The van der Waals surface area contributed by atoms with Crippen LogP contribution < -0.4 is 5.32 Å². The third-order valence-corrected chi connectivity index (χ3v) is 4.40. The van der Waals surface area contributed by atoms with Gasteiger partial charge in [0.05, 0.1) is 20.1 Å². The Labute approximate surface area is 144 Å². The molecule has 9 nitrogen and oxygen atoms in total. The molecular formula is C15H10N4O5S. The maximum atomic E-state index is 12.2. The van der Waals surface area contributed by atoms with E-state index in [0.29, 0.717) is 20.9 Å². The molecule has 0 saturated heterocycles. The molecule has 3 rings (SSSR count). The summed E-state index contributed by atoms with van der Waals surface area (Å²) < 4.78 is 0.710. The molecule has 0 bridgehead atoms. The molecule has 10 heteroatoms. The van der Waals surface area contributed by atoms with Gasteiger partial charge in [0.15, 0.2) is 5.13 Å². The zero-order valence-electron chi connectivity index (χ0n) is 12.8. The first kappa shape index (κ1) is 16.5. The third kappa shape index (κ3) is 3.28. The number of hydrogen-bond donors (Lipinski definition) is 1. The van der Waals surface area contributed by atoms with Crippen LogP contribution >= 0.6 is 11.3 Å². The number of non-ortho nitro benzene ring substituents is 1. The van der Waals surface area contributed by atoms with Gasteiger partial charge in [0.25, 0.3) is 17.3 Å². The fourth-order valence-corrected chi connectivity index (χ4v) is 3.16. The number of nitrogens with zero attached hydrogens (tertiary/aromatic N) is 3. The fourth-order valence-electron chi connectivity index (χ4n) is 2.22. The van der Waals surface area contributed by atoms with Gasteiger partial charge in [-0.1, -0.05) is 11.3 Å². The van der Waals surface area contributed by atoms with E-state index in [1.54, 1.807) is 13.0 Å². The number of benzene rings is 2. The van der Waals surface area contributed by atoms with Gasteiger partial charge in [-0.2, -0.15) is 0 Å². The minimum absolute atomic E-state index is 0.0361. The van der Waals surface area contributed by atoms with Gasteiger partial charge in [-0.15, -0.1) is 0 Å². The number of fused-ring (bicyclic) bond motifs is 1. The summed E-state index contributed by atoms with van der Waals surface area (Å²) in [6.07, 6.45) is 0. The van der Waals surface area contributed by atoms with Gasteiger partial charge in [-0.25, -0.2) is 4.98 Å². The Morgan fingerprint density at radius 2 is 1.80 bits per heavy atom. The molecule has 1 heterocycles. The van der Waals surface area contributed by atoms with Crippen molar-refractivity contribution in [2.45, 2.75) is 6.92 Å². The number of amides is 1. The molecule has 2 aromatic carbocycles. The molecule has 0 unspecified atom stereocenters. The summed E-state index contributed by atoms with van der Waals surface area (Å²) in [5.41, 5.74) is 1.02. The number of nitrogens with one attached hydrogen (secondary N) is 1. The normalized spacial score (nSPS) is 10.6. The van der Waals surface area contributed by atoms with Crippen LogP contribution in [-0.4, -0.2) is 20.7 Å². The summed E-state index contributed by atoms with van der Waals surface area (Å²) in [7, 11) is 0. The van der Waals surface area contributed by atoms with E-state index in [-0.39, 0.29) is 16.9 Å². The zero-order chi connectivity index (χ0) is 18.1. The van der Waals surface area contributed by atoms with Crippen molar-refractivity contribution in [3.05, 3.63) is 67.8 Å². The van der Waals surface area contributed by atoms with Gasteiger partial charge < -0.3 is 0 Å². The molecule has 0 aliphatic rings. The average molecular weight is 358 g/mol. The predicted octanol–water partition coefficient (Wildman–Crippen LogP) is 3.67. The Morgan fingerprint density at radius 3 is 2.40 bits per heavy atom. The first-order chi connectivity index (χ1) is 11.8. The summed E-state index contributed by atoms with van der Waals surface area (Å²) in [5, 5.41) is 24.5. The maximum Gasteiger partial charge on any atom is 0.274 e. The van der Waals surface area contributed by atoms with Crippen molar-refractivity contribution < 1.29 is 14.6 Å². The fraction of sp³-hybridized carbons (Fsp3) is 0.0667. The maximum absolute atomic E-state index is 12.2. The summed E-state index contributed by atoms with van der Waals surface area (Å²) in [6, 6.07) is 8.17. The summed E-state index contributed by atoms with van der Waals surface area (Å²) >= 11 is 1.19. The van der Waals surface area contributed by atoms with Crippen molar-refractivity contribution in [2.75, 3.05) is 5.32 Å². The Kier molecular flexibility index (Phi) is 4.11. The highest BCUT2D eigenvalue weighted by molar-refractivity contribution is 7.22. The van der Waals surface area contributed by atoms with Crippen molar-refractivity contribution in [3.63, 3.8) is 0 Å². The van der Waals surface area contributed by atoms with E-state index in [4.69, 9.17) is 0 Å². The smallest absolute Gasteiger partial charge is 0.274 e. The number of anilines is 1. The van der Waals surface area contributed by atoms with Crippen LogP contribution in [0.15, 0.2) is 36.4 Å². The number of carbonyl (C=O) groups excluding carboxylic acids is 1. The first-order valence-corrected chi connectivity index (χ1v) is 7.78. The van der Waals surface area contributed by atoms with E-state index >= 15 is 0 Å². The lowest BCUT2D eigenvalue weighted by atomic mass is 10.2. The number of rotatable bonds is 4. The molecule has 0 atom stereocenters. The van der Waals surface area contributed by atoms with E-state index in [9.17, 15) is 25.0 Å². The molecule has 1 aromatic heterocycles. The van der Waals surface area contributed by atoms with Crippen molar-refractivity contribution in [3.8, 4) is 0 Å². The van der Waals surface area contributed by atoms with E-state index in [0.717, 1.165) is 0 Å². The Bertz CT molecular complexity index is 1010. The van der Waals surface area contributed by atoms with E-state index in [1.807, 2.05) is 0 Å². The molecule has 0 spiro atoms. The highest BCUT2D eigenvalue weighted by atomic mass is 32.1. The average Bonchev–Trinajstić information content (AvgIpc) is 2.94. The van der Waals surface area contributed by atoms with Crippen LogP contribution in [0.1, 0.15) is 15.9 Å². The van der Waals surface area contributed by atoms with Crippen molar-refractivity contribution in [1.29, 1.82) is 0 Å². The Balaban J connectivity index is 1.86. The topological polar surface area (TPSA) is 128 Å². The lowest BCUT2D eigenvalue weighted by Gasteiger charge is -2.00. The molecular weight excluding hydrogens is 348 g/mol. The summed E-state index contributed by atoms with van der Waals surface area (Å²) in [5.74, 6) is -0.472. The number of nitro benzene ring substituents is 2. The number of thiazole rings is 1. The van der Waals surface area contributed by atoms with Crippen molar-refractivity contribution in [1.82, 2.24) is 4.98 Å². The molecule has 1 N–H and O–H groups in total. The number of carbonyl (C=O) groups is 1. The van der Waals surface area contributed by atoms with Crippen LogP contribution in [0, 0.1) is 27.2 Å². The standard InChI is InChI=1S/C15H10N4O5S/c1-8-6-13-11(7-12(8)19(23)24)16-15(25-13)17-14(20)9-2-4-10(5-3-9)18(21)22/h2-7H,1H3,(H,16,17,20). The second-order valence-electron chi connectivity index (χ2n) is 5.14. The van der Waals surface area contributed by atoms with Crippen molar-refractivity contribution >= 4 is 44.0 Å². The van der Waals surface area contributed by atoms with Crippen LogP contribution in [0.25, 0.3) is 10.2 Å². The molecule has 0 saturated carbocycles. The van der Waals surface area contributed by atoms with Crippen LogP contribution in [0.4, 0.5) is 16.5 Å². The predicted molar refractivity (Wildman–Crippen MR) is 92.1 cm³/mol. The second kappa shape index (κ2) is 6.24. The largest absolute Gasteiger partial charge is 0.298 e. The second-order valence-corrected chi connectivity index (χ2v) is 6.17. The number of aromatic nitrogens is 1. The molecule has 0 aliphatic carbocycles. The van der Waals surface area contributed by atoms with E-state index < -0.39 is 15.8 Å². The van der Waals surface area contributed by atoms with Gasteiger partial charge in [0.2, 0.25) is 0 Å². The monoisotopic (exact) mass is 358 g/mol. The zero-order valence-corrected chi connectivity index (χ0v) is 13.6. The highest BCUT2D eigenvalue weighted by Gasteiger charge is 2.16. The molecule has 0 aliphatic heterocycles. The molecule has 25 heavy (non-hydrogen) atoms. The quantitative estimate of drug-likeness (QED) is 0.559. The van der Waals surface area contributed by atoms with E-state index in [2.05, 4.69) is 10.3 Å². The molecule has 0 fully saturated rings. The molecule has 1 amide bonds. The van der Waals surface area contributed by atoms with Gasteiger partial charge in [0.1, 0.15) is 0 Å². The summed E-state index contributed by atoms with van der Waals surface area (Å²) in [4.78, 5) is 36.9. The Hall–Kier alpha value is -3.40. The molecule has 3 aromatic rings. The van der Waals surface area contributed by atoms with Gasteiger partial charge in [-0.3, -0.25) is 30.3 Å². The van der Waals surface area contributed by atoms with Crippen LogP contribution in [-0.2, 0) is 0 Å². The van der Waals surface area contributed by atoms with Crippen LogP contribution in [0.5, 0.6) is 0 Å². The SMILES string of the molecule is Cc1cc2sc(NC(=O)c3ccc([N+](=O)[O-])cc3)nc2cc1[N+](=O)[O-]. The molecule has 126 valence electrons. The van der Waals surface area contributed by atoms with Crippen LogP contribution in [0.2, 0.25) is 0 Å². The number of aryl methyl sites for hydroxylation is 1. The third-order valence-electron chi connectivity index (χ3n) is 3.46. The first-order valence-electron chi connectivity index (χ1n) is 6.96. The lowest BCUT2D eigenvalue weighted by molar-refractivity contribution is -0.385. The molecule has 0 radical (unpaired) electrons. The van der Waals surface area contributed by atoms with Gasteiger partial charge >= 0.3 is 0 Å². The van der Waals surface area contributed by atoms with Gasteiger partial charge in [0, 0.05) is 29.3 Å². The lowest BCUT2D eigenvalue weighted by Crippen LogP contribution is -2.11. The summed E-state index contributed by atoms with van der Waals surface area (Å²) in [6.45, 7) is 1.63. The van der Waals surface area contributed by atoms with E-state index in [1.165, 1.54) is 41.7 Å². The van der Waals surface area contributed by atoms with Crippen molar-refractivity contribution in [2.24, 2.45) is 0 Å². The minimum Gasteiger partial charge on any atom is -0.298 e. The highest BCUT2D eigenvalue weighted by Crippen LogP contribution is 2.31. The van der Waals surface area contributed by atoms with Gasteiger partial charge in [-0.05, 0) is 25.1 Å². The number of hydrogen-bond acceptors (Lipinski definition) is 7. The van der Waals surface area contributed by atoms with Crippen LogP contribution in [0.3, 0.4) is 0 Å². The number of nitro groups is 2. The minimum atomic E-state index is -0.551.